The van der Waals surface area contributed by atoms with Gasteiger partial charge in [-0.1, -0.05) is 6.07 Å². The first-order valence-corrected chi connectivity index (χ1v) is 13.8. The Morgan fingerprint density at radius 1 is 0.927 bits per heavy atom. The third kappa shape index (κ3) is 5.78. The fourth-order valence-corrected chi connectivity index (χ4v) is 6.14. The van der Waals surface area contributed by atoms with E-state index in [1.807, 2.05) is 33.0 Å². The van der Waals surface area contributed by atoms with Crippen LogP contribution in [0, 0.1) is 13.8 Å². The molecule has 0 spiro atoms. The summed E-state index contributed by atoms with van der Waals surface area (Å²) in [5.41, 5.74) is 3.94. The molecule has 2 aromatic heterocycles. The van der Waals surface area contributed by atoms with Crippen LogP contribution in [-0.2, 0) is 12.6 Å². The Hall–Kier alpha value is -3.95. The molecule has 10 heteroatoms. The van der Waals surface area contributed by atoms with Gasteiger partial charge < -0.3 is 14.7 Å². The maximum Gasteiger partial charge on any atom is 0.417 e. The lowest BCUT2D eigenvalue weighted by Gasteiger charge is -2.38. The third-order valence-electron chi connectivity index (χ3n) is 8.35. The van der Waals surface area contributed by atoms with Gasteiger partial charge in [-0.2, -0.15) is 13.2 Å². The van der Waals surface area contributed by atoms with E-state index in [1.54, 1.807) is 11.0 Å². The SMILES string of the molecule is Cc1cc(N2CCC(N(C)C(=O)c3ccc4c(c3)C(N(C)C(=O)c3cnccc3C(F)(F)F)CC4)CC2)cc(C)n1. The first-order chi connectivity index (χ1) is 19.4. The minimum absolute atomic E-state index is 0.0856. The molecular formula is C31H34F3N5O2. The van der Waals surface area contributed by atoms with Gasteiger partial charge in [0.1, 0.15) is 0 Å². The zero-order valence-electron chi connectivity index (χ0n) is 23.7. The summed E-state index contributed by atoms with van der Waals surface area (Å²) in [6.45, 7) is 5.64. The summed E-state index contributed by atoms with van der Waals surface area (Å²) >= 11 is 0. The van der Waals surface area contributed by atoms with E-state index in [2.05, 4.69) is 27.0 Å². The van der Waals surface area contributed by atoms with Crippen LogP contribution in [0.3, 0.4) is 0 Å². The predicted octanol–water partition coefficient (Wildman–Crippen LogP) is 5.61. The van der Waals surface area contributed by atoms with Gasteiger partial charge in [0.2, 0.25) is 0 Å². The van der Waals surface area contributed by atoms with Gasteiger partial charge >= 0.3 is 6.18 Å². The Morgan fingerprint density at radius 3 is 2.27 bits per heavy atom. The molecule has 2 aliphatic rings. The van der Waals surface area contributed by atoms with Crippen molar-refractivity contribution < 1.29 is 22.8 Å². The average molecular weight is 566 g/mol. The molecule has 41 heavy (non-hydrogen) atoms. The number of alkyl halides is 3. The molecule has 216 valence electrons. The molecule has 1 atom stereocenters. The Kier molecular flexibility index (Phi) is 7.76. The van der Waals surface area contributed by atoms with E-state index in [1.165, 1.54) is 11.9 Å². The topological polar surface area (TPSA) is 69.6 Å². The molecule has 0 radical (unpaired) electrons. The van der Waals surface area contributed by atoms with Crippen molar-refractivity contribution in [1.29, 1.82) is 0 Å². The molecule has 3 aromatic rings. The van der Waals surface area contributed by atoms with Crippen molar-refractivity contribution in [3.05, 3.63) is 88.0 Å². The largest absolute Gasteiger partial charge is 0.417 e. The lowest BCUT2D eigenvalue weighted by molar-refractivity contribution is -0.138. The van der Waals surface area contributed by atoms with Crippen LogP contribution in [0.5, 0.6) is 0 Å². The van der Waals surface area contributed by atoms with Crippen LogP contribution in [0.4, 0.5) is 18.9 Å². The second-order valence-corrected chi connectivity index (χ2v) is 11.0. The highest BCUT2D eigenvalue weighted by Gasteiger charge is 2.38. The number of pyridine rings is 2. The molecule has 7 nitrogen and oxygen atoms in total. The highest BCUT2D eigenvalue weighted by molar-refractivity contribution is 5.96. The summed E-state index contributed by atoms with van der Waals surface area (Å²) in [7, 11) is 3.33. The van der Waals surface area contributed by atoms with Gasteiger partial charge in [-0.25, -0.2) is 0 Å². The van der Waals surface area contributed by atoms with Gasteiger partial charge in [0.05, 0.1) is 17.2 Å². The number of fused-ring (bicyclic) bond motifs is 1. The number of halogens is 3. The molecule has 2 amide bonds. The molecule has 0 N–H and O–H groups in total. The zero-order chi connectivity index (χ0) is 29.5. The highest BCUT2D eigenvalue weighted by Crippen LogP contribution is 2.38. The minimum Gasteiger partial charge on any atom is -0.371 e. The van der Waals surface area contributed by atoms with Gasteiger partial charge in [-0.05, 0) is 81.0 Å². The van der Waals surface area contributed by atoms with E-state index < -0.39 is 29.3 Å². The minimum atomic E-state index is -4.67. The van der Waals surface area contributed by atoms with Gasteiger partial charge in [-0.3, -0.25) is 19.6 Å². The molecule has 3 heterocycles. The van der Waals surface area contributed by atoms with Crippen molar-refractivity contribution >= 4 is 17.5 Å². The predicted molar refractivity (Wildman–Crippen MR) is 150 cm³/mol. The number of carbonyl (C=O) groups is 2. The number of carbonyl (C=O) groups excluding carboxylic acids is 2. The van der Waals surface area contributed by atoms with Crippen LogP contribution >= 0.6 is 0 Å². The smallest absolute Gasteiger partial charge is 0.371 e. The second-order valence-electron chi connectivity index (χ2n) is 11.0. The quantitative estimate of drug-likeness (QED) is 0.402. The second kappa shape index (κ2) is 11.1. The molecule has 0 bridgehead atoms. The molecule has 1 fully saturated rings. The first-order valence-electron chi connectivity index (χ1n) is 13.8. The fraction of sp³-hybridized carbons (Fsp3) is 0.419. The Bertz CT molecular complexity index is 1450. The van der Waals surface area contributed by atoms with E-state index in [-0.39, 0.29) is 11.9 Å². The summed E-state index contributed by atoms with van der Waals surface area (Å²) in [5.74, 6) is -0.850. The lowest BCUT2D eigenvalue weighted by Crippen LogP contribution is -2.45. The maximum atomic E-state index is 13.6. The number of aromatic nitrogens is 2. The van der Waals surface area contributed by atoms with Crippen molar-refractivity contribution in [3.8, 4) is 0 Å². The number of aryl methyl sites for hydroxylation is 3. The molecule has 5 rings (SSSR count). The number of anilines is 1. The van der Waals surface area contributed by atoms with Crippen molar-refractivity contribution in [2.45, 2.75) is 57.8 Å². The monoisotopic (exact) mass is 565 g/mol. The summed E-state index contributed by atoms with van der Waals surface area (Å²) in [5, 5.41) is 0. The van der Waals surface area contributed by atoms with Crippen LogP contribution in [0.1, 0.15) is 74.1 Å². The van der Waals surface area contributed by atoms with Crippen molar-refractivity contribution in [2.75, 3.05) is 32.1 Å². The number of rotatable bonds is 5. The Labute approximate surface area is 238 Å². The van der Waals surface area contributed by atoms with E-state index in [4.69, 9.17) is 0 Å². The van der Waals surface area contributed by atoms with E-state index in [0.29, 0.717) is 18.4 Å². The van der Waals surface area contributed by atoms with Crippen LogP contribution in [0.25, 0.3) is 0 Å². The first kappa shape index (κ1) is 28.6. The van der Waals surface area contributed by atoms with Crippen LogP contribution in [0.2, 0.25) is 0 Å². The number of piperidine rings is 1. The molecule has 0 saturated carbocycles. The molecule has 1 aliphatic heterocycles. The summed E-state index contributed by atoms with van der Waals surface area (Å²) < 4.78 is 40.7. The number of nitrogens with zero attached hydrogens (tertiary/aromatic N) is 5. The standard InChI is InChI=1S/C31H34F3N5O2/c1-19-15-24(16-20(2)36-19)39-13-10-23(11-14-39)37(3)29(40)22-6-5-21-7-8-28(25(21)17-22)38(4)30(41)26-18-35-12-9-27(26)31(32,33)34/h5-6,9,12,15-18,23,28H,7-8,10-11,13-14H2,1-4H3. The molecule has 1 aromatic carbocycles. The Balaban J connectivity index is 1.29. The van der Waals surface area contributed by atoms with Gasteiger partial charge in [-0.15, -0.1) is 0 Å². The number of hydrogen-bond donors (Lipinski definition) is 0. The molecule has 1 aliphatic carbocycles. The number of hydrogen-bond acceptors (Lipinski definition) is 5. The fourth-order valence-electron chi connectivity index (χ4n) is 6.14. The summed E-state index contributed by atoms with van der Waals surface area (Å²) in [6.07, 6.45) is 0.240. The van der Waals surface area contributed by atoms with E-state index in [9.17, 15) is 22.8 Å². The van der Waals surface area contributed by atoms with E-state index in [0.717, 1.165) is 72.6 Å². The van der Waals surface area contributed by atoms with Crippen molar-refractivity contribution in [2.24, 2.45) is 0 Å². The number of amides is 2. The van der Waals surface area contributed by atoms with Gasteiger partial charge in [0, 0.05) is 68.3 Å². The molecule has 1 saturated heterocycles. The van der Waals surface area contributed by atoms with Gasteiger partial charge in [0.15, 0.2) is 0 Å². The molecule has 1 unspecified atom stereocenters. The van der Waals surface area contributed by atoms with Crippen LogP contribution in [0.15, 0.2) is 48.8 Å². The maximum absolute atomic E-state index is 13.6. The highest BCUT2D eigenvalue weighted by atomic mass is 19.4. The van der Waals surface area contributed by atoms with Crippen LogP contribution in [-0.4, -0.2) is 64.8 Å². The normalized spacial score (nSPS) is 17.3. The average Bonchev–Trinajstić information content (AvgIpc) is 3.38. The van der Waals surface area contributed by atoms with Gasteiger partial charge in [0.25, 0.3) is 11.8 Å². The summed E-state index contributed by atoms with van der Waals surface area (Å²) in [4.78, 5) is 40.5. The third-order valence-corrected chi connectivity index (χ3v) is 8.35. The zero-order valence-corrected chi connectivity index (χ0v) is 23.7. The van der Waals surface area contributed by atoms with Crippen molar-refractivity contribution in [3.63, 3.8) is 0 Å². The van der Waals surface area contributed by atoms with E-state index >= 15 is 0 Å². The number of benzene rings is 1. The Morgan fingerprint density at radius 2 is 1.61 bits per heavy atom. The van der Waals surface area contributed by atoms with Crippen molar-refractivity contribution in [1.82, 2.24) is 19.8 Å². The lowest BCUT2D eigenvalue weighted by atomic mass is 9.99. The van der Waals surface area contributed by atoms with Crippen LogP contribution < -0.4 is 4.90 Å². The molecular weight excluding hydrogens is 531 g/mol. The summed E-state index contributed by atoms with van der Waals surface area (Å²) in [6, 6.07) is 10.2.